The van der Waals surface area contributed by atoms with Crippen molar-refractivity contribution < 1.29 is 4.79 Å². The lowest BCUT2D eigenvalue weighted by atomic mass is 9.97. The second kappa shape index (κ2) is 5.57. The molecule has 6 nitrogen and oxygen atoms in total. The molecule has 0 radical (unpaired) electrons. The molecule has 2 heterocycles. The molecule has 0 saturated carbocycles. The van der Waals surface area contributed by atoms with Gasteiger partial charge in [-0.3, -0.25) is 4.79 Å². The number of piperidine rings is 1. The molecule has 3 N–H and O–H groups in total. The number of hydrogen-bond donors (Lipinski definition) is 2. The SMILES string of the molecule is CNC(=O)C1CCCN(c2ccc(N)c(C#N)n2)C1. The van der Waals surface area contributed by atoms with Crippen LogP contribution >= 0.6 is 0 Å². The molecule has 100 valence electrons. The third kappa shape index (κ3) is 2.76. The van der Waals surface area contributed by atoms with E-state index in [1.165, 1.54) is 0 Å². The molecule has 2 rings (SSSR count). The van der Waals surface area contributed by atoms with E-state index >= 15 is 0 Å². The standard InChI is InChI=1S/C13H17N5O/c1-16-13(19)9-3-2-6-18(8-9)12-5-4-10(15)11(7-14)17-12/h4-5,9H,2-3,6,8,15H2,1H3,(H,16,19). The Morgan fingerprint density at radius 3 is 3.11 bits per heavy atom. The molecule has 1 saturated heterocycles. The summed E-state index contributed by atoms with van der Waals surface area (Å²) in [5, 5.41) is 11.6. The van der Waals surface area contributed by atoms with Crippen molar-refractivity contribution in [2.45, 2.75) is 12.8 Å². The van der Waals surface area contributed by atoms with Crippen molar-refractivity contribution in [3.8, 4) is 6.07 Å². The van der Waals surface area contributed by atoms with Gasteiger partial charge in [0.05, 0.1) is 11.6 Å². The summed E-state index contributed by atoms with van der Waals surface area (Å²) in [6.07, 6.45) is 1.82. The van der Waals surface area contributed by atoms with Crippen molar-refractivity contribution >= 4 is 17.4 Å². The van der Waals surface area contributed by atoms with Crippen molar-refractivity contribution in [3.63, 3.8) is 0 Å². The van der Waals surface area contributed by atoms with Gasteiger partial charge in [0.15, 0.2) is 5.69 Å². The fourth-order valence-electron chi connectivity index (χ4n) is 2.33. The van der Waals surface area contributed by atoms with E-state index < -0.39 is 0 Å². The number of hydrogen-bond acceptors (Lipinski definition) is 5. The third-order valence-corrected chi connectivity index (χ3v) is 3.38. The van der Waals surface area contributed by atoms with Gasteiger partial charge in [-0.05, 0) is 25.0 Å². The first-order valence-electron chi connectivity index (χ1n) is 6.29. The minimum Gasteiger partial charge on any atom is -0.396 e. The maximum absolute atomic E-state index is 11.7. The highest BCUT2D eigenvalue weighted by Crippen LogP contribution is 2.23. The van der Waals surface area contributed by atoms with Crippen LogP contribution in [-0.4, -0.2) is 31.0 Å². The van der Waals surface area contributed by atoms with Crippen LogP contribution in [0, 0.1) is 17.2 Å². The summed E-state index contributed by atoms with van der Waals surface area (Å²) in [4.78, 5) is 18.0. The highest BCUT2D eigenvalue weighted by molar-refractivity contribution is 5.79. The molecule has 1 unspecified atom stereocenters. The van der Waals surface area contributed by atoms with Gasteiger partial charge in [-0.25, -0.2) is 4.98 Å². The monoisotopic (exact) mass is 259 g/mol. The van der Waals surface area contributed by atoms with E-state index in [4.69, 9.17) is 11.0 Å². The van der Waals surface area contributed by atoms with E-state index in [0.29, 0.717) is 18.1 Å². The molecule has 6 heteroatoms. The van der Waals surface area contributed by atoms with Crippen LogP contribution in [0.2, 0.25) is 0 Å². The molecule has 1 aliphatic heterocycles. The van der Waals surface area contributed by atoms with E-state index in [9.17, 15) is 4.79 Å². The number of nitrogens with zero attached hydrogens (tertiary/aromatic N) is 3. The van der Waals surface area contributed by atoms with E-state index in [-0.39, 0.29) is 17.5 Å². The van der Waals surface area contributed by atoms with Crippen molar-refractivity contribution in [3.05, 3.63) is 17.8 Å². The predicted molar refractivity (Wildman–Crippen MR) is 72.4 cm³/mol. The quantitative estimate of drug-likeness (QED) is 0.806. The first kappa shape index (κ1) is 13.1. The smallest absolute Gasteiger partial charge is 0.224 e. The number of rotatable bonds is 2. The van der Waals surface area contributed by atoms with Crippen LogP contribution < -0.4 is 16.0 Å². The average molecular weight is 259 g/mol. The van der Waals surface area contributed by atoms with E-state index in [0.717, 1.165) is 19.4 Å². The number of nitrogens with one attached hydrogen (secondary N) is 1. The zero-order valence-corrected chi connectivity index (χ0v) is 10.9. The highest BCUT2D eigenvalue weighted by Gasteiger charge is 2.25. The molecule has 1 fully saturated rings. The van der Waals surface area contributed by atoms with Crippen LogP contribution in [-0.2, 0) is 4.79 Å². The number of carbonyl (C=O) groups is 1. The van der Waals surface area contributed by atoms with Crippen LogP contribution in [0.4, 0.5) is 11.5 Å². The van der Waals surface area contributed by atoms with Crippen molar-refractivity contribution in [2.24, 2.45) is 5.92 Å². The number of pyridine rings is 1. The molecule has 1 amide bonds. The first-order valence-corrected chi connectivity index (χ1v) is 6.29. The van der Waals surface area contributed by atoms with Crippen molar-refractivity contribution in [1.82, 2.24) is 10.3 Å². The van der Waals surface area contributed by atoms with Crippen LogP contribution in [0.15, 0.2) is 12.1 Å². The summed E-state index contributed by atoms with van der Waals surface area (Å²) < 4.78 is 0. The normalized spacial score (nSPS) is 18.7. The molecule has 1 aliphatic rings. The summed E-state index contributed by atoms with van der Waals surface area (Å²) >= 11 is 0. The second-order valence-corrected chi connectivity index (χ2v) is 4.62. The number of nitrogen functional groups attached to an aromatic ring is 1. The minimum atomic E-state index is -0.0244. The predicted octanol–water partition coefficient (Wildman–Crippen LogP) is 0.498. The van der Waals surface area contributed by atoms with Gasteiger partial charge in [-0.1, -0.05) is 0 Å². The van der Waals surface area contributed by atoms with Crippen LogP contribution in [0.3, 0.4) is 0 Å². The van der Waals surface area contributed by atoms with Gasteiger partial charge >= 0.3 is 0 Å². The topological polar surface area (TPSA) is 95.0 Å². The largest absolute Gasteiger partial charge is 0.396 e. The van der Waals surface area contributed by atoms with Gasteiger partial charge in [0.1, 0.15) is 11.9 Å². The zero-order chi connectivity index (χ0) is 13.8. The molecule has 19 heavy (non-hydrogen) atoms. The Kier molecular flexibility index (Phi) is 3.85. The number of carbonyl (C=O) groups excluding carboxylic acids is 1. The third-order valence-electron chi connectivity index (χ3n) is 3.38. The molecule has 0 aliphatic carbocycles. The van der Waals surface area contributed by atoms with Gasteiger partial charge in [-0.2, -0.15) is 5.26 Å². The first-order chi connectivity index (χ1) is 9.15. The summed E-state index contributed by atoms with van der Waals surface area (Å²) in [6.45, 7) is 1.47. The van der Waals surface area contributed by atoms with Crippen molar-refractivity contribution in [2.75, 3.05) is 30.8 Å². The summed E-state index contributed by atoms with van der Waals surface area (Å²) in [5.41, 5.74) is 6.28. The Balaban J connectivity index is 2.18. The molecule has 1 aromatic heterocycles. The van der Waals surface area contributed by atoms with Crippen LogP contribution in [0.25, 0.3) is 0 Å². The van der Waals surface area contributed by atoms with Gasteiger partial charge in [0.25, 0.3) is 0 Å². The summed E-state index contributed by atoms with van der Waals surface area (Å²) in [5.74, 6) is 0.739. The fourth-order valence-corrected chi connectivity index (χ4v) is 2.33. The highest BCUT2D eigenvalue weighted by atomic mass is 16.1. The Hall–Kier alpha value is -2.29. The molecule has 0 bridgehead atoms. The number of nitriles is 1. The maximum atomic E-state index is 11.7. The average Bonchev–Trinajstić information content (AvgIpc) is 2.47. The van der Waals surface area contributed by atoms with Gasteiger partial charge in [0.2, 0.25) is 5.91 Å². The number of aromatic nitrogens is 1. The molecular formula is C13H17N5O. The Bertz CT molecular complexity index is 522. The Morgan fingerprint density at radius 1 is 1.63 bits per heavy atom. The van der Waals surface area contributed by atoms with Crippen molar-refractivity contribution in [1.29, 1.82) is 5.26 Å². The Labute approximate surface area is 112 Å². The lowest BCUT2D eigenvalue weighted by Crippen LogP contribution is -2.42. The van der Waals surface area contributed by atoms with Crippen LogP contribution in [0.1, 0.15) is 18.5 Å². The van der Waals surface area contributed by atoms with E-state index in [1.807, 2.05) is 11.0 Å². The number of anilines is 2. The lowest BCUT2D eigenvalue weighted by molar-refractivity contribution is -0.124. The fraction of sp³-hybridized carbons (Fsp3) is 0.462. The van der Waals surface area contributed by atoms with Crippen LogP contribution in [0.5, 0.6) is 0 Å². The number of nitrogens with two attached hydrogens (primary N) is 1. The molecular weight excluding hydrogens is 242 g/mol. The zero-order valence-electron chi connectivity index (χ0n) is 10.9. The van der Waals surface area contributed by atoms with Gasteiger partial charge in [0, 0.05) is 20.1 Å². The minimum absolute atomic E-state index is 0.0244. The second-order valence-electron chi connectivity index (χ2n) is 4.62. The number of amides is 1. The molecule has 1 aromatic rings. The Morgan fingerprint density at radius 2 is 2.42 bits per heavy atom. The van der Waals surface area contributed by atoms with Gasteiger partial charge < -0.3 is 16.0 Å². The van der Waals surface area contributed by atoms with E-state index in [2.05, 4.69) is 10.3 Å². The lowest BCUT2D eigenvalue weighted by Gasteiger charge is -2.32. The van der Waals surface area contributed by atoms with Gasteiger partial charge in [-0.15, -0.1) is 0 Å². The summed E-state index contributed by atoms with van der Waals surface area (Å²) in [7, 11) is 1.65. The summed E-state index contributed by atoms with van der Waals surface area (Å²) in [6, 6.07) is 5.46. The molecule has 1 atom stereocenters. The maximum Gasteiger partial charge on any atom is 0.224 e. The van der Waals surface area contributed by atoms with E-state index in [1.54, 1.807) is 19.2 Å². The molecule has 0 aromatic carbocycles. The molecule has 0 spiro atoms.